The van der Waals surface area contributed by atoms with Gasteiger partial charge in [-0.3, -0.25) is 0 Å². The van der Waals surface area contributed by atoms with Gasteiger partial charge in [0.05, 0.1) is 24.0 Å². The molecule has 0 spiro atoms. The summed E-state index contributed by atoms with van der Waals surface area (Å²) in [4.78, 5) is 4.67. The Kier molecular flexibility index (Phi) is 2.97. The van der Waals surface area contributed by atoms with Gasteiger partial charge in [0.25, 0.3) is 0 Å². The summed E-state index contributed by atoms with van der Waals surface area (Å²) in [5, 5.41) is 0. The van der Waals surface area contributed by atoms with Crippen molar-refractivity contribution in [2.45, 2.75) is 38.1 Å². The van der Waals surface area contributed by atoms with Gasteiger partial charge < -0.3 is 9.30 Å². The van der Waals surface area contributed by atoms with Crippen LogP contribution in [0.5, 0.6) is 5.75 Å². The Hall–Kier alpha value is -1.22. The first-order valence-electron chi connectivity index (χ1n) is 6.69. The Morgan fingerprint density at radius 1 is 1.42 bits per heavy atom. The van der Waals surface area contributed by atoms with Gasteiger partial charge in [-0.15, -0.1) is 11.6 Å². The minimum absolute atomic E-state index is 0.0769. The normalized spacial score (nSPS) is 16.0. The highest BCUT2D eigenvalue weighted by Crippen LogP contribution is 2.46. The van der Waals surface area contributed by atoms with E-state index in [1.54, 1.807) is 7.11 Å². The van der Waals surface area contributed by atoms with Crippen LogP contribution in [0.2, 0.25) is 0 Å². The van der Waals surface area contributed by atoms with Crippen LogP contribution >= 0.6 is 11.6 Å². The van der Waals surface area contributed by atoms with Crippen molar-refractivity contribution in [1.29, 1.82) is 0 Å². The van der Waals surface area contributed by atoms with Crippen molar-refractivity contribution in [1.82, 2.24) is 9.55 Å². The molecule has 0 unspecified atom stereocenters. The zero-order valence-corrected chi connectivity index (χ0v) is 12.4. The number of ether oxygens (including phenoxy) is 1. The maximum Gasteiger partial charge on any atom is 0.125 e. The van der Waals surface area contributed by atoms with E-state index in [2.05, 4.69) is 29.5 Å². The van der Waals surface area contributed by atoms with Crippen LogP contribution in [-0.2, 0) is 11.4 Å². The second kappa shape index (κ2) is 4.41. The molecule has 0 saturated heterocycles. The molecular formula is C15H19ClN2O. The van der Waals surface area contributed by atoms with Crippen LogP contribution in [0.25, 0.3) is 11.0 Å². The summed E-state index contributed by atoms with van der Waals surface area (Å²) in [7, 11) is 1.68. The van der Waals surface area contributed by atoms with Crippen LogP contribution in [-0.4, -0.2) is 16.7 Å². The molecule has 4 heteroatoms. The van der Waals surface area contributed by atoms with Crippen LogP contribution in [0.3, 0.4) is 0 Å². The first-order chi connectivity index (χ1) is 9.07. The fourth-order valence-electron chi connectivity index (χ4n) is 2.94. The number of fused-ring (bicyclic) bond motifs is 1. The van der Waals surface area contributed by atoms with Gasteiger partial charge in [0.15, 0.2) is 0 Å². The molecule has 1 aromatic heterocycles. The molecule has 1 saturated carbocycles. The van der Waals surface area contributed by atoms with E-state index in [-0.39, 0.29) is 5.54 Å². The monoisotopic (exact) mass is 278 g/mol. The van der Waals surface area contributed by atoms with Gasteiger partial charge in [0.2, 0.25) is 0 Å². The van der Waals surface area contributed by atoms with Gasteiger partial charge in [0, 0.05) is 11.6 Å². The minimum Gasteiger partial charge on any atom is -0.497 e. The summed E-state index contributed by atoms with van der Waals surface area (Å²) < 4.78 is 7.58. The molecule has 0 bridgehead atoms. The molecule has 0 amide bonds. The zero-order chi connectivity index (χ0) is 13.6. The lowest BCUT2D eigenvalue weighted by molar-refractivity contribution is 0.306. The van der Waals surface area contributed by atoms with Gasteiger partial charge in [-0.25, -0.2) is 4.98 Å². The molecule has 1 heterocycles. The van der Waals surface area contributed by atoms with Crippen LogP contribution in [0.15, 0.2) is 18.2 Å². The Morgan fingerprint density at radius 3 is 2.74 bits per heavy atom. The third kappa shape index (κ3) is 2.00. The topological polar surface area (TPSA) is 27.1 Å². The summed E-state index contributed by atoms with van der Waals surface area (Å²) in [5.74, 6) is 2.95. The lowest BCUT2D eigenvalue weighted by Gasteiger charge is -2.29. The van der Waals surface area contributed by atoms with E-state index in [0.717, 1.165) is 28.5 Å². The molecule has 0 radical (unpaired) electrons. The summed E-state index contributed by atoms with van der Waals surface area (Å²) >= 11 is 6.09. The third-order valence-electron chi connectivity index (χ3n) is 4.20. The quantitative estimate of drug-likeness (QED) is 0.793. The number of alkyl halides is 1. The number of benzene rings is 1. The number of rotatable bonds is 4. The van der Waals surface area contributed by atoms with Crippen LogP contribution in [0.1, 0.15) is 32.5 Å². The Balaban J connectivity index is 2.21. The van der Waals surface area contributed by atoms with Gasteiger partial charge in [-0.1, -0.05) is 0 Å². The molecule has 2 aromatic rings. The highest BCUT2D eigenvalue weighted by Gasteiger charge is 2.40. The van der Waals surface area contributed by atoms with Crippen LogP contribution in [0, 0.1) is 5.92 Å². The second-order valence-electron chi connectivity index (χ2n) is 5.78. The smallest absolute Gasteiger partial charge is 0.125 e. The fourth-order valence-corrected chi connectivity index (χ4v) is 3.12. The summed E-state index contributed by atoms with van der Waals surface area (Å²) in [5.41, 5.74) is 2.19. The molecular weight excluding hydrogens is 260 g/mol. The van der Waals surface area contributed by atoms with E-state index in [4.69, 9.17) is 16.3 Å². The maximum absolute atomic E-state index is 6.09. The van der Waals surface area contributed by atoms with Crippen molar-refractivity contribution in [3.05, 3.63) is 24.0 Å². The first kappa shape index (κ1) is 12.8. The Bertz CT molecular complexity index is 614. The minimum atomic E-state index is 0.0769. The summed E-state index contributed by atoms with van der Waals surface area (Å²) in [6.07, 6.45) is 2.59. The van der Waals surface area contributed by atoms with Crippen molar-refractivity contribution in [2.75, 3.05) is 7.11 Å². The highest BCUT2D eigenvalue weighted by atomic mass is 35.5. The molecule has 1 aliphatic carbocycles. The van der Waals surface area contributed by atoms with Gasteiger partial charge in [-0.05, 0) is 44.7 Å². The van der Waals surface area contributed by atoms with Crippen molar-refractivity contribution in [3.8, 4) is 5.75 Å². The lowest BCUT2D eigenvalue weighted by atomic mass is 9.97. The van der Waals surface area contributed by atoms with Crippen molar-refractivity contribution in [3.63, 3.8) is 0 Å². The van der Waals surface area contributed by atoms with E-state index in [0.29, 0.717) is 5.88 Å². The summed E-state index contributed by atoms with van der Waals surface area (Å²) in [6, 6.07) is 6.05. The number of hydrogen-bond acceptors (Lipinski definition) is 2. The van der Waals surface area contributed by atoms with E-state index in [1.807, 2.05) is 12.1 Å². The standard InChI is InChI=1S/C15H19ClN2O/c1-15(2,10-4-5-10)18-13-7-6-11(19-3)8-12(13)17-14(18)9-16/h6-8,10H,4-5,9H2,1-3H3. The number of imidazole rings is 1. The van der Waals surface area contributed by atoms with Crippen molar-refractivity contribution >= 4 is 22.6 Å². The predicted molar refractivity (Wildman–Crippen MR) is 77.9 cm³/mol. The fraction of sp³-hybridized carbons (Fsp3) is 0.533. The van der Waals surface area contributed by atoms with Gasteiger partial charge in [0.1, 0.15) is 11.6 Å². The highest BCUT2D eigenvalue weighted by molar-refractivity contribution is 6.16. The number of nitrogens with zero attached hydrogens (tertiary/aromatic N) is 2. The zero-order valence-electron chi connectivity index (χ0n) is 11.6. The maximum atomic E-state index is 6.09. The van der Waals surface area contributed by atoms with Crippen molar-refractivity contribution in [2.24, 2.45) is 5.92 Å². The number of halogens is 1. The average molecular weight is 279 g/mol. The molecule has 3 nitrogen and oxygen atoms in total. The van der Waals surface area contributed by atoms with E-state index in [1.165, 1.54) is 12.8 Å². The number of aromatic nitrogens is 2. The first-order valence-corrected chi connectivity index (χ1v) is 7.23. The van der Waals surface area contributed by atoms with E-state index >= 15 is 0 Å². The lowest BCUT2D eigenvalue weighted by Crippen LogP contribution is -2.30. The molecule has 0 aliphatic heterocycles. The van der Waals surface area contributed by atoms with E-state index < -0.39 is 0 Å². The molecule has 1 aromatic carbocycles. The third-order valence-corrected chi connectivity index (χ3v) is 4.44. The molecule has 3 rings (SSSR count). The second-order valence-corrected chi connectivity index (χ2v) is 6.05. The molecule has 19 heavy (non-hydrogen) atoms. The van der Waals surface area contributed by atoms with Gasteiger partial charge in [-0.2, -0.15) is 0 Å². The van der Waals surface area contributed by atoms with Crippen LogP contribution in [0.4, 0.5) is 0 Å². The van der Waals surface area contributed by atoms with E-state index in [9.17, 15) is 0 Å². The SMILES string of the molecule is COc1ccc2c(c1)nc(CCl)n2C(C)(C)C1CC1. The number of hydrogen-bond donors (Lipinski definition) is 0. The average Bonchev–Trinajstić information content (AvgIpc) is 3.19. The summed E-state index contributed by atoms with van der Waals surface area (Å²) in [6.45, 7) is 4.57. The molecule has 1 aliphatic rings. The largest absolute Gasteiger partial charge is 0.497 e. The molecule has 1 fully saturated rings. The number of methoxy groups -OCH3 is 1. The molecule has 0 N–H and O–H groups in total. The molecule has 102 valence electrons. The molecule has 0 atom stereocenters. The predicted octanol–water partition coefficient (Wildman–Crippen LogP) is 3.93. The van der Waals surface area contributed by atoms with Crippen molar-refractivity contribution < 1.29 is 4.74 Å². The van der Waals surface area contributed by atoms with Crippen LogP contribution < -0.4 is 4.74 Å². The van der Waals surface area contributed by atoms with Gasteiger partial charge >= 0.3 is 0 Å². The Morgan fingerprint density at radius 2 is 2.16 bits per heavy atom. The Labute approximate surface area is 118 Å².